The highest BCUT2D eigenvalue weighted by molar-refractivity contribution is 7.90. The van der Waals surface area contributed by atoms with Crippen molar-refractivity contribution in [2.24, 2.45) is 0 Å². The largest absolute Gasteiger partial charge is 0.363 e. The molecule has 0 N–H and O–H groups in total. The molecule has 1 aromatic rings. The monoisotopic (exact) mass is 318 g/mol. The van der Waals surface area contributed by atoms with Gasteiger partial charge in [-0.25, -0.2) is 8.42 Å². The molecule has 114 valence electrons. The zero-order chi connectivity index (χ0) is 15.6. The van der Waals surface area contributed by atoms with Gasteiger partial charge in [-0.1, -0.05) is 12.1 Å². The van der Waals surface area contributed by atoms with Crippen LogP contribution in [0.4, 0.5) is 0 Å². The fraction of sp³-hybridized carbons (Fsp3) is 0.333. The Morgan fingerprint density at radius 2 is 1.45 bits per heavy atom. The Bertz CT molecular complexity index is 862. The van der Waals surface area contributed by atoms with Crippen molar-refractivity contribution in [1.82, 2.24) is 9.80 Å². The number of benzene rings is 1. The summed E-state index contributed by atoms with van der Waals surface area (Å²) in [6.07, 6.45) is 1.06. The minimum absolute atomic E-state index is 0.0301. The van der Waals surface area contributed by atoms with E-state index < -0.39 is 9.84 Å². The summed E-state index contributed by atoms with van der Waals surface area (Å²) in [5, 5.41) is 0. The average Bonchev–Trinajstić information content (AvgIpc) is 3.33. The molecule has 0 bridgehead atoms. The first-order chi connectivity index (χ1) is 10.4. The molecule has 0 saturated carbocycles. The number of hydrogen-bond acceptors (Lipinski definition) is 6. The molecule has 22 heavy (non-hydrogen) atoms. The van der Waals surface area contributed by atoms with Crippen molar-refractivity contribution in [2.45, 2.75) is 4.90 Å². The Morgan fingerprint density at radius 3 is 1.95 bits per heavy atom. The van der Waals surface area contributed by atoms with Crippen LogP contribution in [0.2, 0.25) is 0 Å². The van der Waals surface area contributed by atoms with Gasteiger partial charge in [0, 0.05) is 38.0 Å². The minimum atomic E-state index is -3.58. The van der Waals surface area contributed by atoms with E-state index in [4.69, 9.17) is 0 Å². The average molecular weight is 318 g/mol. The van der Waals surface area contributed by atoms with Crippen LogP contribution in [0.1, 0.15) is 20.7 Å². The van der Waals surface area contributed by atoms with E-state index in [9.17, 15) is 18.0 Å². The lowest BCUT2D eigenvalue weighted by Crippen LogP contribution is -2.30. The van der Waals surface area contributed by atoms with Gasteiger partial charge < -0.3 is 9.80 Å². The third-order valence-corrected chi connectivity index (χ3v) is 5.22. The number of rotatable bonds is 3. The topological polar surface area (TPSA) is 74.3 Å². The van der Waals surface area contributed by atoms with E-state index in [0.29, 0.717) is 11.4 Å². The number of nitrogens with zero attached hydrogens (tertiary/aromatic N) is 2. The van der Waals surface area contributed by atoms with Crippen molar-refractivity contribution >= 4 is 21.4 Å². The number of sulfone groups is 1. The molecular formula is C15H14N2O4S. The van der Waals surface area contributed by atoms with E-state index in [1.165, 1.54) is 18.2 Å². The van der Waals surface area contributed by atoms with Gasteiger partial charge in [-0.15, -0.1) is 0 Å². The predicted octanol–water partition coefficient (Wildman–Crippen LogP) is 0.312. The first-order valence-electron chi connectivity index (χ1n) is 7.06. The first-order valence-corrected chi connectivity index (χ1v) is 8.95. The summed E-state index contributed by atoms with van der Waals surface area (Å²) in [6.45, 7) is 2.96. The quantitative estimate of drug-likeness (QED) is 0.747. The van der Waals surface area contributed by atoms with Crippen molar-refractivity contribution in [3.63, 3.8) is 0 Å². The van der Waals surface area contributed by atoms with Gasteiger partial charge in [0.05, 0.1) is 10.5 Å². The predicted molar refractivity (Wildman–Crippen MR) is 78.4 cm³/mol. The fourth-order valence-corrected chi connectivity index (χ4v) is 3.76. The third-order valence-electron chi connectivity index (χ3n) is 4.08. The number of fused-ring (bicyclic) bond motifs is 1. The summed E-state index contributed by atoms with van der Waals surface area (Å²) in [5.41, 5.74) is 1.02. The number of Topliss-reactive ketones (excluding diaryl/α,β-unsaturated/α-hetero) is 2. The number of carbonyl (C=O) groups is 2. The molecule has 0 unspecified atom stereocenters. The molecule has 0 spiro atoms. The third kappa shape index (κ3) is 1.89. The van der Waals surface area contributed by atoms with E-state index in [2.05, 4.69) is 0 Å². The zero-order valence-corrected chi connectivity index (χ0v) is 12.8. The molecule has 3 aliphatic rings. The highest BCUT2D eigenvalue weighted by Gasteiger charge is 2.44. The van der Waals surface area contributed by atoms with E-state index in [0.717, 1.165) is 32.4 Å². The lowest BCUT2D eigenvalue weighted by atomic mass is 9.90. The van der Waals surface area contributed by atoms with Gasteiger partial charge in [-0.2, -0.15) is 0 Å². The second-order valence-corrected chi connectivity index (χ2v) is 7.76. The van der Waals surface area contributed by atoms with Crippen molar-refractivity contribution in [3.05, 3.63) is 40.7 Å². The van der Waals surface area contributed by atoms with Crippen LogP contribution in [-0.2, 0) is 9.84 Å². The van der Waals surface area contributed by atoms with Crippen molar-refractivity contribution in [1.29, 1.82) is 0 Å². The van der Waals surface area contributed by atoms with E-state index in [-0.39, 0.29) is 27.6 Å². The normalized spacial score (nSPS) is 20.4. The van der Waals surface area contributed by atoms with E-state index in [1.807, 2.05) is 9.80 Å². The van der Waals surface area contributed by atoms with Gasteiger partial charge in [0.2, 0.25) is 11.6 Å². The molecule has 2 saturated heterocycles. The second-order valence-electron chi connectivity index (χ2n) is 5.78. The Morgan fingerprint density at radius 1 is 0.909 bits per heavy atom. The summed E-state index contributed by atoms with van der Waals surface area (Å²) >= 11 is 0. The van der Waals surface area contributed by atoms with Crippen LogP contribution in [0.3, 0.4) is 0 Å². The summed E-state index contributed by atoms with van der Waals surface area (Å²) in [5.74, 6) is -0.602. The molecule has 7 heteroatoms. The smallest absolute Gasteiger partial charge is 0.213 e. The summed E-state index contributed by atoms with van der Waals surface area (Å²) in [7, 11) is -3.58. The lowest BCUT2D eigenvalue weighted by Gasteiger charge is -2.24. The molecule has 6 nitrogen and oxygen atoms in total. The van der Waals surface area contributed by atoms with Gasteiger partial charge in [0.15, 0.2) is 9.84 Å². The molecular weight excluding hydrogens is 304 g/mol. The number of ketones is 2. The molecule has 0 aromatic heterocycles. The van der Waals surface area contributed by atoms with Gasteiger partial charge >= 0.3 is 0 Å². The fourth-order valence-electron chi connectivity index (χ4n) is 2.86. The van der Waals surface area contributed by atoms with E-state index >= 15 is 0 Å². The number of hydrogen-bond donors (Lipinski definition) is 0. The Balaban J connectivity index is 1.99. The van der Waals surface area contributed by atoms with Crippen LogP contribution in [0, 0.1) is 0 Å². The van der Waals surface area contributed by atoms with Crippen LogP contribution >= 0.6 is 0 Å². The molecule has 2 aliphatic heterocycles. The molecule has 4 rings (SSSR count). The van der Waals surface area contributed by atoms with Gasteiger partial charge in [-0.05, 0) is 6.07 Å². The molecule has 1 aromatic carbocycles. The first kappa shape index (κ1) is 13.5. The molecule has 2 heterocycles. The number of allylic oxidation sites excluding steroid dienone is 2. The molecule has 2 fully saturated rings. The van der Waals surface area contributed by atoms with Crippen LogP contribution < -0.4 is 0 Å². The molecule has 0 radical (unpaired) electrons. The van der Waals surface area contributed by atoms with E-state index in [1.54, 1.807) is 0 Å². The van der Waals surface area contributed by atoms with Crippen LogP contribution in [0.15, 0.2) is 34.5 Å². The van der Waals surface area contributed by atoms with Crippen LogP contribution in [0.5, 0.6) is 0 Å². The lowest BCUT2D eigenvalue weighted by molar-refractivity contribution is 0.0943. The van der Waals surface area contributed by atoms with Crippen LogP contribution in [-0.4, -0.2) is 62.2 Å². The van der Waals surface area contributed by atoms with Crippen molar-refractivity contribution < 1.29 is 18.0 Å². The minimum Gasteiger partial charge on any atom is -0.363 e. The van der Waals surface area contributed by atoms with Gasteiger partial charge in [0.1, 0.15) is 11.4 Å². The Kier molecular flexibility index (Phi) is 2.57. The summed E-state index contributed by atoms with van der Waals surface area (Å²) in [4.78, 5) is 29.3. The SMILES string of the molecule is CS(=O)(=O)c1cccc2c1C(=O)C(N1CC1)=C(N1CC1)C2=O. The Labute approximate surface area is 127 Å². The maximum atomic E-state index is 12.9. The second kappa shape index (κ2) is 4.19. The highest BCUT2D eigenvalue weighted by Crippen LogP contribution is 2.37. The van der Waals surface area contributed by atoms with Crippen molar-refractivity contribution in [3.8, 4) is 0 Å². The maximum absolute atomic E-state index is 12.9. The van der Waals surface area contributed by atoms with Crippen molar-refractivity contribution in [2.75, 3.05) is 32.4 Å². The summed E-state index contributed by atoms with van der Waals surface area (Å²) in [6, 6.07) is 4.44. The maximum Gasteiger partial charge on any atom is 0.213 e. The molecule has 1 aliphatic carbocycles. The standard InChI is InChI=1S/C15H14N2O4S/c1-22(20,21)10-4-2-3-9-11(10)15(19)13(17-7-8-17)12(14(9)18)16-5-6-16/h2-4H,5-8H2,1H3. The van der Waals surface area contributed by atoms with Gasteiger partial charge in [-0.3, -0.25) is 9.59 Å². The molecule has 0 atom stereocenters. The van der Waals surface area contributed by atoms with Gasteiger partial charge in [0.25, 0.3) is 0 Å². The Hall–Kier alpha value is -2.15. The zero-order valence-electron chi connectivity index (χ0n) is 12.0. The molecule has 0 amide bonds. The number of carbonyl (C=O) groups excluding carboxylic acids is 2. The highest BCUT2D eigenvalue weighted by atomic mass is 32.2. The van der Waals surface area contributed by atoms with Crippen LogP contribution in [0.25, 0.3) is 0 Å². The summed E-state index contributed by atoms with van der Waals surface area (Å²) < 4.78 is 23.9.